The van der Waals surface area contributed by atoms with Crippen LogP contribution < -0.4 is 0 Å². The van der Waals surface area contributed by atoms with Crippen molar-refractivity contribution in [3.05, 3.63) is 199 Å². The summed E-state index contributed by atoms with van der Waals surface area (Å²) < 4.78 is 4.96. The third kappa shape index (κ3) is 5.07. The Balaban J connectivity index is 1.09. The average molecular weight is 742 g/mol. The summed E-state index contributed by atoms with van der Waals surface area (Å²) in [6.07, 6.45) is 1.95. The number of benzene rings is 8. The Morgan fingerprint density at radius 1 is 0.345 bits per heavy atom. The molecule has 3 heterocycles. The Hall–Kier alpha value is -7.63. The van der Waals surface area contributed by atoms with E-state index < -0.39 is 0 Å². The van der Waals surface area contributed by atoms with Crippen molar-refractivity contribution in [2.75, 3.05) is 0 Å². The molecule has 0 spiro atoms. The van der Waals surface area contributed by atoms with Gasteiger partial charge in [-0.05, 0) is 77.6 Å². The normalized spacial score (nSPS) is 12.3. The average Bonchev–Trinajstić information content (AvgIpc) is 3.82. The number of hydrogen-bond donors (Lipinski definition) is 0. The number of aryl methyl sites for hydroxylation is 2. The number of para-hydroxylation sites is 1. The monoisotopic (exact) mass is 741 g/mol. The van der Waals surface area contributed by atoms with Crippen molar-refractivity contribution < 1.29 is 0 Å². The molecule has 0 atom stereocenters. The van der Waals surface area contributed by atoms with Crippen molar-refractivity contribution in [2.45, 2.75) is 12.8 Å². The smallest absolute Gasteiger partial charge is 0.164 e. The SMILES string of the molecule is c1ccc(-c2ccc(-n3c4cccc5c4c4c(c6c(cc43)c3ccccc3n6-c3cccc(-c4nc(-c6ccccc6)nc(-c6ccccc6)n4)c3)CC5)cc2)cc1. The van der Waals surface area contributed by atoms with Gasteiger partial charge in [-0.3, -0.25) is 0 Å². The highest BCUT2D eigenvalue weighted by atomic mass is 15.0. The topological polar surface area (TPSA) is 48.5 Å². The molecule has 58 heavy (non-hydrogen) atoms. The number of hydrogen-bond acceptors (Lipinski definition) is 3. The fourth-order valence-electron chi connectivity index (χ4n) is 9.25. The van der Waals surface area contributed by atoms with Crippen LogP contribution in [0, 0.1) is 0 Å². The van der Waals surface area contributed by atoms with Crippen molar-refractivity contribution in [1.82, 2.24) is 24.1 Å². The zero-order valence-electron chi connectivity index (χ0n) is 31.5. The van der Waals surface area contributed by atoms with Crippen molar-refractivity contribution in [3.8, 4) is 56.7 Å². The second-order valence-corrected chi connectivity index (χ2v) is 15.1. The lowest BCUT2D eigenvalue weighted by Gasteiger charge is -2.17. The first-order chi connectivity index (χ1) is 28.8. The molecule has 0 saturated heterocycles. The molecule has 0 bridgehead atoms. The molecule has 272 valence electrons. The summed E-state index contributed by atoms with van der Waals surface area (Å²) >= 11 is 0. The summed E-state index contributed by atoms with van der Waals surface area (Å²) in [6.45, 7) is 0. The summed E-state index contributed by atoms with van der Waals surface area (Å²) in [5.41, 5.74) is 15.3. The largest absolute Gasteiger partial charge is 0.309 e. The minimum absolute atomic E-state index is 0.644. The van der Waals surface area contributed by atoms with Crippen molar-refractivity contribution in [3.63, 3.8) is 0 Å². The zero-order valence-corrected chi connectivity index (χ0v) is 31.5. The van der Waals surface area contributed by atoms with Gasteiger partial charge in [0.1, 0.15) is 0 Å². The summed E-state index contributed by atoms with van der Waals surface area (Å²) in [4.78, 5) is 15.1. The second kappa shape index (κ2) is 13.0. The minimum atomic E-state index is 0.644. The van der Waals surface area contributed by atoms with E-state index in [9.17, 15) is 0 Å². The lowest BCUT2D eigenvalue weighted by atomic mass is 9.89. The molecule has 0 fully saturated rings. The lowest BCUT2D eigenvalue weighted by Crippen LogP contribution is -2.04. The Bertz CT molecular complexity index is 3310. The zero-order chi connectivity index (χ0) is 38.2. The van der Waals surface area contributed by atoms with Gasteiger partial charge in [0.2, 0.25) is 0 Å². The lowest BCUT2D eigenvalue weighted by molar-refractivity contribution is 0.969. The molecule has 1 aliphatic carbocycles. The summed E-state index contributed by atoms with van der Waals surface area (Å²) in [6, 6.07) is 66.8. The first-order valence-electron chi connectivity index (χ1n) is 19.9. The predicted octanol–water partition coefficient (Wildman–Crippen LogP) is 12.8. The Kier molecular flexibility index (Phi) is 7.29. The van der Waals surface area contributed by atoms with Gasteiger partial charge in [0, 0.05) is 49.6 Å². The Morgan fingerprint density at radius 2 is 0.914 bits per heavy atom. The van der Waals surface area contributed by atoms with Gasteiger partial charge in [-0.25, -0.2) is 15.0 Å². The van der Waals surface area contributed by atoms with Crippen LogP contribution in [0.5, 0.6) is 0 Å². The summed E-state index contributed by atoms with van der Waals surface area (Å²) in [5, 5.41) is 5.22. The van der Waals surface area contributed by atoms with Crippen LogP contribution in [-0.2, 0) is 12.8 Å². The van der Waals surface area contributed by atoms with Crippen LogP contribution in [0.25, 0.3) is 100 Å². The fourth-order valence-corrected chi connectivity index (χ4v) is 9.25. The quantitative estimate of drug-likeness (QED) is 0.170. The molecule has 0 amide bonds. The number of nitrogens with zero attached hydrogens (tertiary/aromatic N) is 5. The fraction of sp³-hybridized carbons (Fsp3) is 0.0377. The summed E-state index contributed by atoms with van der Waals surface area (Å²) in [5.74, 6) is 1.95. The molecule has 0 unspecified atom stereocenters. The van der Waals surface area contributed by atoms with E-state index in [1.807, 2.05) is 36.4 Å². The number of fused-ring (bicyclic) bond motifs is 4. The van der Waals surface area contributed by atoms with Gasteiger partial charge in [-0.15, -0.1) is 0 Å². The van der Waals surface area contributed by atoms with Gasteiger partial charge >= 0.3 is 0 Å². The van der Waals surface area contributed by atoms with E-state index in [-0.39, 0.29) is 0 Å². The van der Waals surface area contributed by atoms with Crippen LogP contribution in [0.15, 0.2) is 188 Å². The van der Waals surface area contributed by atoms with Gasteiger partial charge in [0.05, 0.1) is 22.1 Å². The maximum absolute atomic E-state index is 5.08. The highest BCUT2D eigenvalue weighted by Gasteiger charge is 2.27. The van der Waals surface area contributed by atoms with Gasteiger partial charge in [0.15, 0.2) is 17.5 Å². The first kappa shape index (κ1) is 32.6. The van der Waals surface area contributed by atoms with Crippen molar-refractivity contribution >= 4 is 43.6 Å². The standard InChI is InChI=1S/C53H35N5/c1-4-14-34(15-5-1)35-26-29-40(30-27-35)57-46-25-13-20-36-28-31-43-49(48(36)46)47(57)33-44-42-23-10-11-24-45(42)58(50(43)44)41-22-12-21-39(32-41)53-55-51(37-16-6-2-7-17-37)54-52(56-53)38-18-8-3-9-19-38/h1-27,29-30,32-33H,28,31H2. The van der Waals surface area contributed by atoms with E-state index in [1.54, 1.807) is 0 Å². The van der Waals surface area contributed by atoms with E-state index >= 15 is 0 Å². The van der Waals surface area contributed by atoms with E-state index in [0.29, 0.717) is 17.5 Å². The van der Waals surface area contributed by atoms with Crippen LogP contribution in [-0.4, -0.2) is 24.1 Å². The third-order valence-electron chi connectivity index (χ3n) is 11.8. The van der Waals surface area contributed by atoms with Crippen LogP contribution in [0.2, 0.25) is 0 Å². The van der Waals surface area contributed by atoms with Gasteiger partial charge < -0.3 is 9.13 Å². The van der Waals surface area contributed by atoms with E-state index in [4.69, 9.17) is 15.0 Å². The molecule has 1 aliphatic rings. The van der Waals surface area contributed by atoms with Crippen LogP contribution in [0.3, 0.4) is 0 Å². The molecule has 0 aliphatic heterocycles. The molecular weight excluding hydrogens is 707 g/mol. The van der Waals surface area contributed by atoms with Gasteiger partial charge in [-0.1, -0.05) is 146 Å². The number of rotatable bonds is 6. The maximum atomic E-state index is 5.08. The molecule has 3 aromatic heterocycles. The predicted molar refractivity (Wildman–Crippen MR) is 238 cm³/mol. The second-order valence-electron chi connectivity index (χ2n) is 15.1. The maximum Gasteiger partial charge on any atom is 0.164 e. The van der Waals surface area contributed by atoms with Crippen LogP contribution in [0.4, 0.5) is 0 Å². The molecule has 0 N–H and O–H groups in total. The minimum Gasteiger partial charge on any atom is -0.309 e. The molecule has 5 nitrogen and oxygen atoms in total. The molecule has 12 rings (SSSR count). The first-order valence-corrected chi connectivity index (χ1v) is 19.9. The van der Waals surface area contributed by atoms with E-state index in [0.717, 1.165) is 35.2 Å². The molecule has 5 heteroatoms. The van der Waals surface area contributed by atoms with Crippen LogP contribution in [0.1, 0.15) is 11.1 Å². The number of aromatic nitrogens is 5. The van der Waals surface area contributed by atoms with Crippen LogP contribution >= 0.6 is 0 Å². The molecule has 0 radical (unpaired) electrons. The highest BCUT2D eigenvalue weighted by molar-refractivity contribution is 6.22. The van der Waals surface area contributed by atoms with Gasteiger partial charge in [0.25, 0.3) is 0 Å². The molecule has 11 aromatic rings. The third-order valence-corrected chi connectivity index (χ3v) is 11.8. The van der Waals surface area contributed by atoms with E-state index in [1.165, 1.54) is 71.6 Å². The van der Waals surface area contributed by atoms with E-state index in [2.05, 4.69) is 161 Å². The van der Waals surface area contributed by atoms with Gasteiger partial charge in [-0.2, -0.15) is 0 Å². The Morgan fingerprint density at radius 3 is 1.62 bits per heavy atom. The highest BCUT2D eigenvalue weighted by Crippen LogP contribution is 2.46. The van der Waals surface area contributed by atoms with Crippen molar-refractivity contribution in [2.24, 2.45) is 0 Å². The van der Waals surface area contributed by atoms with Crippen molar-refractivity contribution in [1.29, 1.82) is 0 Å². The molecular formula is C53H35N5. The summed E-state index contributed by atoms with van der Waals surface area (Å²) in [7, 11) is 0. The molecule has 8 aromatic carbocycles. The molecule has 0 saturated carbocycles. The Labute approximate surface area is 335 Å².